The van der Waals surface area contributed by atoms with Crippen molar-refractivity contribution in [2.75, 3.05) is 23.9 Å². The second-order valence-corrected chi connectivity index (χ2v) is 4.24. The van der Waals surface area contributed by atoms with E-state index in [0.717, 1.165) is 17.9 Å². The molecule has 0 saturated heterocycles. The van der Waals surface area contributed by atoms with Crippen LogP contribution < -0.4 is 15.0 Å². The van der Waals surface area contributed by atoms with Crippen LogP contribution in [0.25, 0.3) is 0 Å². The van der Waals surface area contributed by atoms with Crippen LogP contribution in [0.1, 0.15) is 20.3 Å². The fourth-order valence-corrected chi connectivity index (χ4v) is 2.34. The number of fused-ring (bicyclic) bond motifs is 1. The van der Waals surface area contributed by atoms with Gasteiger partial charge in [-0.3, -0.25) is 4.79 Å². The van der Waals surface area contributed by atoms with Crippen LogP contribution in [0.15, 0.2) is 18.2 Å². The number of carbonyl (C=O) groups excluding carboxylic acids is 1. The van der Waals surface area contributed by atoms with Crippen molar-refractivity contribution in [1.82, 2.24) is 0 Å². The van der Waals surface area contributed by atoms with Gasteiger partial charge in [-0.25, -0.2) is 0 Å². The highest BCUT2D eigenvalue weighted by Crippen LogP contribution is 2.38. The van der Waals surface area contributed by atoms with Crippen LogP contribution in [0, 0.1) is 0 Å². The van der Waals surface area contributed by atoms with Crippen molar-refractivity contribution in [1.29, 1.82) is 0 Å². The molecule has 1 atom stereocenters. The topological polar surface area (TPSA) is 41.6 Å². The minimum Gasteiger partial charge on any atom is -0.494 e. The molecule has 1 aromatic carbocycles. The van der Waals surface area contributed by atoms with E-state index in [4.69, 9.17) is 4.74 Å². The molecule has 0 fully saturated rings. The monoisotopic (exact) mass is 234 g/mol. The van der Waals surface area contributed by atoms with Gasteiger partial charge in [0, 0.05) is 19.0 Å². The van der Waals surface area contributed by atoms with Gasteiger partial charge in [0.1, 0.15) is 11.4 Å². The molecule has 0 saturated carbocycles. The average molecular weight is 234 g/mol. The average Bonchev–Trinajstić information content (AvgIpc) is 2.43. The number of carbonyl (C=O) groups is 1. The Kier molecular flexibility index (Phi) is 3.22. The molecule has 1 aliphatic rings. The first-order valence-electron chi connectivity index (χ1n) is 5.90. The molecule has 0 spiro atoms. The predicted octanol–water partition coefficient (Wildman–Crippen LogP) is 2.25. The van der Waals surface area contributed by atoms with Gasteiger partial charge >= 0.3 is 0 Å². The Balaban J connectivity index is 2.54. The number of nitrogens with one attached hydrogen (secondary N) is 1. The highest BCUT2D eigenvalue weighted by molar-refractivity contribution is 5.98. The predicted molar refractivity (Wildman–Crippen MR) is 68.7 cm³/mol. The molecule has 2 rings (SSSR count). The second kappa shape index (κ2) is 4.65. The Bertz CT molecular complexity index is 431. The van der Waals surface area contributed by atoms with E-state index in [9.17, 15) is 4.79 Å². The largest absolute Gasteiger partial charge is 0.494 e. The van der Waals surface area contributed by atoms with Crippen molar-refractivity contribution in [3.05, 3.63) is 18.2 Å². The lowest BCUT2D eigenvalue weighted by molar-refractivity contribution is -0.116. The molecule has 0 bridgehead atoms. The lowest BCUT2D eigenvalue weighted by atomic mass is 10.2. The van der Waals surface area contributed by atoms with Crippen molar-refractivity contribution in [3.63, 3.8) is 0 Å². The lowest BCUT2D eigenvalue weighted by Crippen LogP contribution is -2.33. The standard InChI is InChI=1S/C13H18N2O2/c1-4-15-9(2)8-12(16)14-13-10(15)6-5-7-11(13)17-3/h5-7,9H,4,8H2,1-3H3,(H,14,16). The van der Waals surface area contributed by atoms with E-state index in [2.05, 4.69) is 24.1 Å². The number of methoxy groups -OCH3 is 1. The van der Waals surface area contributed by atoms with Crippen molar-refractivity contribution in [3.8, 4) is 5.75 Å². The molecule has 0 aromatic heterocycles. The molecule has 0 radical (unpaired) electrons. The van der Waals surface area contributed by atoms with E-state index < -0.39 is 0 Å². The molecule has 17 heavy (non-hydrogen) atoms. The van der Waals surface area contributed by atoms with Gasteiger partial charge < -0.3 is 15.0 Å². The minimum absolute atomic E-state index is 0.0409. The summed E-state index contributed by atoms with van der Waals surface area (Å²) in [5.41, 5.74) is 1.82. The van der Waals surface area contributed by atoms with Gasteiger partial charge in [-0.05, 0) is 26.0 Å². The summed E-state index contributed by atoms with van der Waals surface area (Å²) in [7, 11) is 1.62. The Morgan fingerprint density at radius 3 is 2.94 bits per heavy atom. The zero-order valence-electron chi connectivity index (χ0n) is 10.5. The van der Waals surface area contributed by atoms with Crippen LogP contribution in [-0.4, -0.2) is 25.6 Å². The SMILES string of the molecule is CCN1c2cccc(OC)c2NC(=O)CC1C. The maximum Gasteiger partial charge on any atom is 0.226 e. The van der Waals surface area contributed by atoms with Crippen LogP contribution in [0.4, 0.5) is 11.4 Å². The summed E-state index contributed by atoms with van der Waals surface area (Å²) in [5, 5.41) is 2.93. The van der Waals surface area contributed by atoms with E-state index in [-0.39, 0.29) is 11.9 Å². The van der Waals surface area contributed by atoms with Gasteiger partial charge in [-0.1, -0.05) is 6.07 Å². The van der Waals surface area contributed by atoms with Crippen molar-refractivity contribution in [2.24, 2.45) is 0 Å². The fourth-order valence-electron chi connectivity index (χ4n) is 2.34. The molecular weight excluding hydrogens is 216 g/mol. The lowest BCUT2D eigenvalue weighted by Gasteiger charge is -2.28. The summed E-state index contributed by atoms with van der Waals surface area (Å²) in [6.45, 7) is 5.03. The summed E-state index contributed by atoms with van der Waals surface area (Å²) in [4.78, 5) is 14.0. The number of ether oxygens (including phenoxy) is 1. The number of rotatable bonds is 2. The number of hydrogen-bond donors (Lipinski definition) is 1. The first-order chi connectivity index (χ1) is 8.17. The molecule has 1 unspecified atom stereocenters. The molecule has 1 heterocycles. The first-order valence-corrected chi connectivity index (χ1v) is 5.90. The van der Waals surface area contributed by atoms with Crippen molar-refractivity contribution >= 4 is 17.3 Å². The Morgan fingerprint density at radius 1 is 1.53 bits per heavy atom. The van der Waals surface area contributed by atoms with Crippen LogP contribution in [0.3, 0.4) is 0 Å². The van der Waals surface area contributed by atoms with Gasteiger partial charge in [-0.2, -0.15) is 0 Å². The number of benzene rings is 1. The highest BCUT2D eigenvalue weighted by Gasteiger charge is 2.25. The van der Waals surface area contributed by atoms with Gasteiger partial charge in [-0.15, -0.1) is 0 Å². The summed E-state index contributed by atoms with van der Waals surface area (Å²) >= 11 is 0. The minimum atomic E-state index is 0.0409. The number of anilines is 2. The third-order valence-corrected chi connectivity index (χ3v) is 3.15. The number of nitrogens with zero attached hydrogens (tertiary/aromatic N) is 1. The van der Waals surface area contributed by atoms with E-state index in [1.54, 1.807) is 7.11 Å². The maximum absolute atomic E-state index is 11.8. The Hall–Kier alpha value is -1.71. The quantitative estimate of drug-likeness (QED) is 0.853. The maximum atomic E-state index is 11.8. The second-order valence-electron chi connectivity index (χ2n) is 4.24. The summed E-state index contributed by atoms with van der Waals surface area (Å²) < 4.78 is 5.30. The smallest absolute Gasteiger partial charge is 0.226 e. The van der Waals surface area contributed by atoms with Gasteiger partial charge in [0.15, 0.2) is 0 Å². The molecular formula is C13H18N2O2. The number of para-hydroxylation sites is 1. The van der Waals surface area contributed by atoms with Crippen LogP contribution in [-0.2, 0) is 4.79 Å². The fraction of sp³-hybridized carbons (Fsp3) is 0.462. The van der Waals surface area contributed by atoms with Crippen LogP contribution in [0.2, 0.25) is 0 Å². The number of amides is 1. The van der Waals surface area contributed by atoms with Crippen LogP contribution in [0.5, 0.6) is 5.75 Å². The van der Waals surface area contributed by atoms with Crippen molar-refractivity contribution in [2.45, 2.75) is 26.3 Å². The zero-order valence-corrected chi connectivity index (χ0v) is 10.5. The third-order valence-electron chi connectivity index (χ3n) is 3.15. The molecule has 0 aliphatic carbocycles. The Labute approximate surface area is 102 Å². The van der Waals surface area contributed by atoms with Gasteiger partial charge in [0.05, 0.1) is 12.8 Å². The van der Waals surface area contributed by atoms with E-state index in [0.29, 0.717) is 12.2 Å². The van der Waals surface area contributed by atoms with Crippen molar-refractivity contribution < 1.29 is 9.53 Å². The van der Waals surface area contributed by atoms with Crippen LogP contribution >= 0.6 is 0 Å². The summed E-state index contributed by atoms with van der Waals surface area (Å²) in [6, 6.07) is 6.03. The molecule has 92 valence electrons. The summed E-state index contributed by atoms with van der Waals surface area (Å²) in [5.74, 6) is 0.752. The normalized spacial score (nSPS) is 19.4. The highest BCUT2D eigenvalue weighted by atomic mass is 16.5. The van der Waals surface area contributed by atoms with E-state index in [1.807, 2.05) is 18.2 Å². The Morgan fingerprint density at radius 2 is 2.29 bits per heavy atom. The first kappa shape index (κ1) is 11.8. The van der Waals surface area contributed by atoms with Gasteiger partial charge in [0.2, 0.25) is 5.91 Å². The third kappa shape index (κ3) is 2.07. The van der Waals surface area contributed by atoms with E-state index >= 15 is 0 Å². The van der Waals surface area contributed by atoms with E-state index in [1.165, 1.54) is 0 Å². The summed E-state index contributed by atoms with van der Waals surface area (Å²) in [6.07, 6.45) is 0.506. The molecule has 4 nitrogen and oxygen atoms in total. The molecule has 4 heteroatoms. The molecule has 1 aliphatic heterocycles. The molecule has 1 amide bonds. The molecule has 1 N–H and O–H groups in total. The number of hydrogen-bond acceptors (Lipinski definition) is 3. The van der Waals surface area contributed by atoms with Gasteiger partial charge in [0.25, 0.3) is 0 Å². The molecule has 1 aromatic rings. The zero-order chi connectivity index (χ0) is 12.4.